The van der Waals surface area contributed by atoms with E-state index in [0.29, 0.717) is 5.58 Å². The Bertz CT molecular complexity index is 1340. The molecule has 1 aliphatic rings. The van der Waals surface area contributed by atoms with E-state index in [1.807, 2.05) is 6.07 Å². The normalized spacial score (nSPS) is 23.7. The highest BCUT2D eigenvalue weighted by Crippen LogP contribution is 2.38. The van der Waals surface area contributed by atoms with Crippen molar-refractivity contribution in [2.24, 2.45) is 0 Å². The highest BCUT2D eigenvalue weighted by Gasteiger charge is 2.45. The van der Waals surface area contributed by atoms with Crippen LogP contribution in [0.4, 0.5) is 5.82 Å². The number of hydrogen-bond donors (Lipinski definition) is 4. The molecule has 0 saturated carbocycles. The molecule has 1 saturated heterocycles. The quantitative estimate of drug-likeness (QED) is 0.319. The number of aliphatic hydroxyl groups excluding tert-OH is 3. The van der Waals surface area contributed by atoms with Gasteiger partial charge in [-0.3, -0.25) is 4.57 Å². The SMILES string of the molecule is Nc1ncnc2c1nc(Sc1cc3ccccc3oc1=O)n2[C@@H]1O[C@H](CO)[C@@H](O)C1O. The molecular formula is C19H17N5O6S. The Balaban J connectivity index is 1.66. The number of rotatable bonds is 4. The Morgan fingerprint density at radius 3 is 2.77 bits per heavy atom. The summed E-state index contributed by atoms with van der Waals surface area (Å²) in [5.74, 6) is 0.0999. The van der Waals surface area contributed by atoms with Crippen molar-refractivity contribution in [3.8, 4) is 0 Å². The zero-order valence-electron chi connectivity index (χ0n) is 15.8. The Labute approximate surface area is 178 Å². The first-order valence-corrected chi connectivity index (χ1v) is 10.1. The molecule has 5 N–H and O–H groups in total. The van der Waals surface area contributed by atoms with E-state index < -0.39 is 36.8 Å². The third kappa shape index (κ3) is 3.25. The summed E-state index contributed by atoms with van der Waals surface area (Å²) in [6.45, 7) is -0.491. The number of ether oxygens (including phenoxy) is 1. The smallest absolute Gasteiger partial charge is 0.350 e. The largest absolute Gasteiger partial charge is 0.422 e. The van der Waals surface area contributed by atoms with Gasteiger partial charge in [0.25, 0.3) is 0 Å². The van der Waals surface area contributed by atoms with Gasteiger partial charge in [-0.2, -0.15) is 0 Å². The molecule has 160 valence electrons. The summed E-state index contributed by atoms with van der Waals surface area (Å²) >= 11 is 0.976. The van der Waals surface area contributed by atoms with Crippen LogP contribution in [0.2, 0.25) is 0 Å². The summed E-state index contributed by atoms with van der Waals surface area (Å²) in [7, 11) is 0. The van der Waals surface area contributed by atoms with Gasteiger partial charge >= 0.3 is 5.63 Å². The topological polar surface area (TPSA) is 170 Å². The summed E-state index contributed by atoms with van der Waals surface area (Å²) in [5, 5.41) is 31.1. The van der Waals surface area contributed by atoms with Crippen molar-refractivity contribution in [3.63, 3.8) is 0 Å². The number of nitrogen functional groups attached to an aromatic ring is 1. The molecule has 4 heterocycles. The van der Waals surface area contributed by atoms with Gasteiger partial charge in [0.15, 0.2) is 28.4 Å². The minimum atomic E-state index is -1.38. The van der Waals surface area contributed by atoms with Crippen LogP contribution in [0, 0.1) is 0 Å². The number of aromatic nitrogens is 4. The summed E-state index contributed by atoms with van der Waals surface area (Å²) in [6.07, 6.45) is -3.59. The molecule has 1 aliphatic heterocycles. The van der Waals surface area contributed by atoms with Gasteiger partial charge in [0.05, 0.1) is 6.61 Å². The zero-order chi connectivity index (χ0) is 21.7. The number of aliphatic hydroxyl groups is 3. The first-order valence-electron chi connectivity index (χ1n) is 9.29. The molecule has 11 nitrogen and oxygen atoms in total. The van der Waals surface area contributed by atoms with Gasteiger partial charge in [-0.25, -0.2) is 19.7 Å². The maximum atomic E-state index is 12.5. The molecule has 4 aromatic rings. The van der Waals surface area contributed by atoms with Crippen molar-refractivity contribution in [1.82, 2.24) is 19.5 Å². The van der Waals surface area contributed by atoms with Gasteiger partial charge < -0.3 is 30.2 Å². The van der Waals surface area contributed by atoms with Crippen LogP contribution in [0.15, 0.2) is 55.9 Å². The van der Waals surface area contributed by atoms with Gasteiger partial charge in [-0.15, -0.1) is 0 Å². The number of hydrogen-bond acceptors (Lipinski definition) is 11. The van der Waals surface area contributed by atoms with Gasteiger partial charge in [-0.05, 0) is 23.9 Å². The average Bonchev–Trinajstić information content (AvgIpc) is 3.26. The number of nitrogens with zero attached hydrogens (tertiary/aromatic N) is 4. The molecule has 1 fully saturated rings. The predicted octanol–water partition coefficient (Wildman–Crippen LogP) is 0.278. The molecule has 5 rings (SSSR count). The van der Waals surface area contributed by atoms with Gasteiger partial charge in [0, 0.05) is 5.39 Å². The predicted molar refractivity (Wildman–Crippen MR) is 109 cm³/mol. The molecule has 1 aromatic carbocycles. The van der Waals surface area contributed by atoms with Crippen LogP contribution in [0.3, 0.4) is 0 Å². The number of anilines is 1. The second-order valence-electron chi connectivity index (χ2n) is 6.96. The Hall–Kier alpha value is -3.03. The average molecular weight is 443 g/mol. The Morgan fingerprint density at radius 1 is 1.19 bits per heavy atom. The van der Waals surface area contributed by atoms with E-state index in [0.717, 1.165) is 17.1 Å². The highest BCUT2D eigenvalue weighted by molar-refractivity contribution is 7.99. The first kappa shape index (κ1) is 19.9. The lowest BCUT2D eigenvalue weighted by Gasteiger charge is -2.18. The summed E-state index contributed by atoms with van der Waals surface area (Å²) in [4.78, 5) is 25.3. The van der Waals surface area contributed by atoms with Crippen LogP contribution in [0.5, 0.6) is 0 Å². The van der Waals surface area contributed by atoms with Gasteiger partial charge in [0.2, 0.25) is 0 Å². The van der Waals surface area contributed by atoms with Crippen molar-refractivity contribution >= 4 is 39.7 Å². The van der Waals surface area contributed by atoms with Crippen molar-refractivity contribution in [2.75, 3.05) is 12.3 Å². The second kappa shape index (κ2) is 7.59. The third-order valence-corrected chi connectivity index (χ3v) is 6.03. The van der Waals surface area contributed by atoms with E-state index >= 15 is 0 Å². The number of benzene rings is 1. The van der Waals surface area contributed by atoms with E-state index in [1.54, 1.807) is 24.3 Å². The molecule has 0 radical (unpaired) electrons. The van der Waals surface area contributed by atoms with Crippen molar-refractivity contribution in [1.29, 1.82) is 0 Å². The molecule has 0 bridgehead atoms. The fraction of sp³-hybridized carbons (Fsp3) is 0.263. The maximum absolute atomic E-state index is 12.5. The van der Waals surface area contributed by atoms with Crippen molar-refractivity contribution in [3.05, 3.63) is 47.1 Å². The molecule has 4 atom stereocenters. The molecular weight excluding hydrogens is 426 g/mol. The van der Waals surface area contributed by atoms with E-state index in [4.69, 9.17) is 14.9 Å². The van der Waals surface area contributed by atoms with Gasteiger partial charge in [0.1, 0.15) is 35.1 Å². The Kier molecular flexibility index (Phi) is 4.87. The van der Waals surface area contributed by atoms with E-state index in [2.05, 4.69) is 15.0 Å². The summed E-state index contributed by atoms with van der Waals surface area (Å²) in [5.41, 5.74) is 6.31. The molecule has 31 heavy (non-hydrogen) atoms. The molecule has 1 unspecified atom stereocenters. The lowest BCUT2D eigenvalue weighted by Crippen LogP contribution is -2.33. The minimum absolute atomic E-state index is 0.0999. The number of nitrogens with two attached hydrogens (primary N) is 1. The zero-order valence-corrected chi connectivity index (χ0v) is 16.6. The van der Waals surface area contributed by atoms with Crippen LogP contribution < -0.4 is 11.4 Å². The number of imidazole rings is 1. The van der Waals surface area contributed by atoms with E-state index in [-0.39, 0.29) is 27.0 Å². The molecule has 0 spiro atoms. The lowest BCUT2D eigenvalue weighted by atomic mass is 10.1. The monoisotopic (exact) mass is 443 g/mol. The van der Waals surface area contributed by atoms with Gasteiger partial charge in [-0.1, -0.05) is 18.2 Å². The number of para-hydroxylation sites is 1. The first-order chi connectivity index (χ1) is 15.0. The Morgan fingerprint density at radius 2 is 2.00 bits per heavy atom. The van der Waals surface area contributed by atoms with Crippen LogP contribution in [-0.2, 0) is 4.74 Å². The van der Waals surface area contributed by atoms with Crippen molar-refractivity contribution in [2.45, 2.75) is 34.6 Å². The molecule has 3 aromatic heterocycles. The fourth-order valence-corrected chi connectivity index (χ4v) is 4.45. The maximum Gasteiger partial charge on any atom is 0.350 e. The van der Waals surface area contributed by atoms with Crippen LogP contribution in [-0.4, -0.2) is 59.8 Å². The highest BCUT2D eigenvalue weighted by atomic mass is 32.2. The second-order valence-corrected chi connectivity index (χ2v) is 7.97. The summed E-state index contributed by atoms with van der Waals surface area (Å²) < 4.78 is 12.5. The minimum Gasteiger partial charge on any atom is -0.422 e. The standard InChI is InChI=1S/C19H17N5O6S/c20-15-12-16(22-7-21-15)24(17-14(27)13(26)10(6-25)29-17)19(23-12)31-11-5-8-3-1-2-4-9(8)30-18(11)28/h1-5,7,10,13-14,17,25-27H,6H2,(H2,20,21,22)/t10-,13-,14?,17-/m1/s1. The molecule has 12 heteroatoms. The van der Waals surface area contributed by atoms with Crippen LogP contribution >= 0.6 is 11.8 Å². The van der Waals surface area contributed by atoms with Crippen LogP contribution in [0.25, 0.3) is 22.1 Å². The fourth-order valence-electron chi connectivity index (χ4n) is 3.51. The summed E-state index contributed by atoms with van der Waals surface area (Å²) in [6, 6.07) is 8.75. The van der Waals surface area contributed by atoms with Crippen LogP contribution in [0.1, 0.15) is 6.23 Å². The molecule has 0 aliphatic carbocycles. The number of fused-ring (bicyclic) bond motifs is 2. The third-order valence-electron chi connectivity index (χ3n) is 5.06. The van der Waals surface area contributed by atoms with Crippen molar-refractivity contribution < 1.29 is 24.5 Å². The van der Waals surface area contributed by atoms with E-state index in [1.165, 1.54) is 10.9 Å². The lowest BCUT2D eigenvalue weighted by molar-refractivity contribution is -0.0548. The molecule has 0 amide bonds. The van der Waals surface area contributed by atoms with E-state index in [9.17, 15) is 20.1 Å².